The lowest BCUT2D eigenvalue weighted by Crippen LogP contribution is -2.35. The van der Waals surface area contributed by atoms with Crippen molar-refractivity contribution in [2.45, 2.75) is 19.4 Å². The Labute approximate surface area is 142 Å². The molecule has 0 aliphatic rings. The molecule has 0 fully saturated rings. The molecule has 128 valence electrons. The van der Waals surface area contributed by atoms with Crippen molar-refractivity contribution in [3.8, 4) is 5.69 Å². The highest BCUT2D eigenvalue weighted by atomic mass is 16.4. The van der Waals surface area contributed by atoms with Crippen LogP contribution in [0.5, 0.6) is 0 Å². The fourth-order valence-corrected chi connectivity index (χ4v) is 2.06. The molecule has 0 bridgehead atoms. The van der Waals surface area contributed by atoms with Crippen molar-refractivity contribution in [2.24, 2.45) is 0 Å². The van der Waals surface area contributed by atoms with Gasteiger partial charge in [0.2, 0.25) is 0 Å². The third-order valence-corrected chi connectivity index (χ3v) is 3.68. The number of nitrogens with one attached hydrogen (secondary N) is 1. The van der Waals surface area contributed by atoms with Gasteiger partial charge in [-0.1, -0.05) is 23.4 Å². The van der Waals surface area contributed by atoms with Gasteiger partial charge in [0, 0.05) is 6.20 Å². The highest BCUT2D eigenvalue weighted by Crippen LogP contribution is 2.17. The van der Waals surface area contributed by atoms with Gasteiger partial charge in [-0.2, -0.15) is 5.10 Å². The fraction of sp³-hybridized carbons (Fsp3) is 0.188. The number of hydrogen-bond donors (Lipinski definition) is 2. The first-order valence-corrected chi connectivity index (χ1v) is 7.45. The molecule has 2 aromatic heterocycles. The van der Waals surface area contributed by atoms with E-state index in [1.807, 2.05) is 30.3 Å². The predicted molar refractivity (Wildman–Crippen MR) is 88.5 cm³/mol. The first-order valence-electron chi connectivity index (χ1n) is 7.45. The highest BCUT2D eigenvalue weighted by Gasteiger charge is 2.30. The summed E-state index contributed by atoms with van der Waals surface area (Å²) in [7, 11) is 0. The minimum Gasteiger partial charge on any atom is -0.479 e. The molecule has 0 spiro atoms. The van der Waals surface area contributed by atoms with Crippen molar-refractivity contribution < 1.29 is 14.7 Å². The average molecular weight is 340 g/mol. The van der Waals surface area contributed by atoms with Gasteiger partial charge in [0.25, 0.3) is 5.91 Å². The summed E-state index contributed by atoms with van der Waals surface area (Å²) in [6, 6.07) is 9.28. The standard InChI is InChI=1S/C16H16N6O3/c1-16(2,15(24)25)22-9-11(8-17-22)18-14(23)13-10-21(20-19-13)12-6-4-3-5-7-12/h3-10H,1-2H3,(H,18,23)(H,24,25). The van der Waals surface area contributed by atoms with Gasteiger partial charge in [-0.05, 0) is 26.0 Å². The van der Waals surface area contributed by atoms with Gasteiger partial charge in [-0.25, -0.2) is 9.48 Å². The van der Waals surface area contributed by atoms with E-state index in [9.17, 15) is 14.7 Å². The van der Waals surface area contributed by atoms with Gasteiger partial charge < -0.3 is 10.4 Å². The summed E-state index contributed by atoms with van der Waals surface area (Å²) in [5.41, 5.74) is 0.0622. The van der Waals surface area contributed by atoms with Crippen molar-refractivity contribution in [2.75, 3.05) is 5.32 Å². The zero-order chi connectivity index (χ0) is 18.0. The second-order valence-electron chi connectivity index (χ2n) is 5.88. The third-order valence-electron chi connectivity index (χ3n) is 3.68. The van der Waals surface area contributed by atoms with Gasteiger partial charge in [0.05, 0.1) is 23.8 Å². The van der Waals surface area contributed by atoms with Crippen molar-refractivity contribution >= 4 is 17.6 Å². The number of carbonyl (C=O) groups is 2. The van der Waals surface area contributed by atoms with Gasteiger partial charge in [0.1, 0.15) is 0 Å². The molecule has 25 heavy (non-hydrogen) atoms. The minimum absolute atomic E-state index is 0.133. The van der Waals surface area contributed by atoms with E-state index in [1.54, 1.807) is 0 Å². The molecule has 0 saturated heterocycles. The number of aromatic nitrogens is 5. The zero-order valence-electron chi connectivity index (χ0n) is 13.6. The Hall–Kier alpha value is -3.49. The Kier molecular flexibility index (Phi) is 4.05. The second kappa shape index (κ2) is 6.19. The summed E-state index contributed by atoms with van der Waals surface area (Å²) >= 11 is 0. The molecule has 2 N–H and O–H groups in total. The molecule has 0 aliphatic heterocycles. The maximum atomic E-state index is 12.3. The molecule has 2 heterocycles. The number of anilines is 1. The molecule has 0 aliphatic carbocycles. The van der Waals surface area contributed by atoms with Crippen molar-refractivity contribution in [3.63, 3.8) is 0 Å². The molecule has 1 aromatic carbocycles. The summed E-state index contributed by atoms with van der Waals surface area (Å²) in [6.45, 7) is 3.03. The first kappa shape index (κ1) is 16.4. The van der Waals surface area contributed by atoms with Crippen LogP contribution in [0.4, 0.5) is 5.69 Å². The van der Waals surface area contributed by atoms with Crippen LogP contribution in [0.1, 0.15) is 24.3 Å². The van der Waals surface area contributed by atoms with Crippen LogP contribution in [-0.4, -0.2) is 41.8 Å². The Morgan fingerprint density at radius 2 is 1.88 bits per heavy atom. The summed E-state index contributed by atoms with van der Waals surface area (Å²) in [5, 5.41) is 23.6. The average Bonchev–Trinajstić information content (AvgIpc) is 3.25. The number of hydrogen-bond acceptors (Lipinski definition) is 5. The Morgan fingerprint density at radius 1 is 1.16 bits per heavy atom. The number of carboxylic acid groups (broad SMARTS) is 1. The van der Waals surface area contributed by atoms with E-state index in [0.717, 1.165) is 5.69 Å². The van der Waals surface area contributed by atoms with Crippen LogP contribution < -0.4 is 5.32 Å². The monoisotopic (exact) mass is 340 g/mol. The van der Waals surface area contributed by atoms with Crippen LogP contribution in [0.25, 0.3) is 5.69 Å². The lowest BCUT2D eigenvalue weighted by molar-refractivity contribution is -0.146. The molecule has 3 rings (SSSR count). The molecule has 3 aromatic rings. The normalized spacial score (nSPS) is 11.3. The molecule has 0 atom stereocenters. The molecule has 9 nitrogen and oxygen atoms in total. The van der Waals surface area contributed by atoms with E-state index < -0.39 is 17.4 Å². The fourth-order valence-electron chi connectivity index (χ4n) is 2.06. The number of nitrogens with zero attached hydrogens (tertiary/aromatic N) is 5. The lowest BCUT2D eigenvalue weighted by Gasteiger charge is -2.19. The smallest absolute Gasteiger partial charge is 0.331 e. The van der Waals surface area contributed by atoms with Gasteiger partial charge in [-0.15, -0.1) is 5.10 Å². The Bertz CT molecular complexity index is 913. The Balaban J connectivity index is 1.74. The minimum atomic E-state index is -1.22. The van der Waals surface area contributed by atoms with Gasteiger partial charge >= 0.3 is 5.97 Å². The van der Waals surface area contributed by atoms with E-state index in [1.165, 1.54) is 41.8 Å². The number of amides is 1. The molecule has 9 heteroatoms. The number of para-hydroxylation sites is 1. The summed E-state index contributed by atoms with van der Waals surface area (Å²) in [4.78, 5) is 23.5. The van der Waals surface area contributed by atoms with E-state index in [2.05, 4.69) is 20.7 Å². The number of carbonyl (C=O) groups excluding carboxylic acids is 1. The Morgan fingerprint density at radius 3 is 2.56 bits per heavy atom. The zero-order valence-corrected chi connectivity index (χ0v) is 13.6. The maximum absolute atomic E-state index is 12.3. The quantitative estimate of drug-likeness (QED) is 0.728. The summed E-state index contributed by atoms with van der Waals surface area (Å²) < 4.78 is 2.76. The van der Waals surface area contributed by atoms with Crippen LogP contribution in [0.15, 0.2) is 48.9 Å². The number of carboxylic acids is 1. The van der Waals surface area contributed by atoms with Crippen LogP contribution in [0, 0.1) is 0 Å². The molecular formula is C16H16N6O3. The van der Waals surface area contributed by atoms with E-state index in [-0.39, 0.29) is 5.69 Å². The molecule has 0 saturated carbocycles. The molecular weight excluding hydrogens is 324 g/mol. The van der Waals surface area contributed by atoms with E-state index in [0.29, 0.717) is 5.69 Å². The maximum Gasteiger partial charge on any atom is 0.331 e. The third kappa shape index (κ3) is 3.25. The van der Waals surface area contributed by atoms with Crippen molar-refractivity contribution in [3.05, 3.63) is 54.6 Å². The number of benzene rings is 1. The summed E-state index contributed by atoms with van der Waals surface area (Å²) in [5.74, 6) is -1.49. The van der Waals surface area contributed by atoms with Crippen LogP contribution >= 0.6 is 0 Å². The van der Waals surface area contributed by atoms with Gasteiger partial charge in [-0.3, -0.25) is 9.48 Å². The van der Waals surface area contributed by atoms with Gasteiger partial charge in [0.15, 0.2) is 11.2 Å². The van der Waals surface area contributed by atoms with Crippen molar-refractivity contribution in [1.82, 2.24) is 24.8 Å². The van der Waals surface area contributed by atoms with E-state index >= 15 is 0 Å². The second-order valence-corrected chi connectivity index (χ2v) is 5.88. The topological polar surface area (TPSA) is 115 Å². The molecule has 1 amide bonds. The highest BCUT2D eigenvalue weighted by molar-refractivity contribution is 6.02. The van der Waals surface area contributed by atoms with Crippen LogP contribution in [-0.2, 0) is 10.3 Å². The van der Waals surface area contributed by atoms with Crippen molar-refractivity contribution in [1.29, 1.82) is 0 Å². The SMILES string of the molecule is CC(C)(C(=O)O)n1cc(NC(=O)c2cn(-c3ccccc3)nn2)cn1. The van der Waals surface area contributed by atoms with Crippen LogP contribution in [0.2, 0.25) is 0 Å². The lowest BCUT2D eigenvalue weighted by atomic mass is 10.1. The predicted octanol–water partition coefficient (Wildman–Crippen LogP) is 1.54. The largest absolute Gasteiger partial charge is 0.479 e. The summed E-state index contributed by atoms with van der Waals surface area (Å²) in [6.07, 6.45) is 4.34. The molecule has 0 unspecified atom stereocenters. The van der Waals surface area contributed by atoms with Crippen LogP contribution in [0.3, 0.4) is 0 Å². The molecule has 0 radical (unpaired) electrons. The van der Waals surface area contributed by atoms with E-state index in [4.69, 9.17) is 0 Å². The number of rotatable bonds is 5. The first-order chi connectivity index (χ1) is 11.9. The number of aliphatic carboxylic acids is 1.